The van der Waals surface area contributed by atoms with Gasteiger partial charge in [-0.15, -0.1) is 11.6 Å². The summed E-state index contributed by atoms with van der Waals surface area (Å²) in [4.78, 5) is 13.5. The molecule has 20 heavy (non-hydrogen) atoms. The van der Waals surface area contributed by atoms with Crippen LogP contribution in [0.4, 0.5) is 13.2 Å². The average Bonchev–Trinajstić information content (AvgIpc) is 2.42. The number of ether oxygens (including phenoxy) is 1. The summed E-state index contributed by atoms with van der Waals surface area (Å²) in [6.07, 6.45) is -4.57. The van der Waals surface area contributed by atoms with Crippen molar-refractivity contribution in [3.05, 3.63) is 35.4 Å². The van der Waals surface area contributed by atoms with E-state index in [1.807, 2.05) is 0 Å². The lowest BCUT2D eigenvalue weighted by Gasteiger charge is -2.23. The Morgan fingerprint density at radius 2 is 1.95 bits per heavy atom. The SMILES string of the molecule is COCCN(CCCl)C(=O)c1ccccc1C(F)(F)F. The molecule has 0 N–H and O–H groups in total. The van der Waals surface area contributed by atoms with Gasteiger partial charge in [0.15, 0.2) is 0 Å². The van der Waals surface area contributed by atoms with Crippen LogP contribution in [0.5, 0.6) is 0 Å². The number of carbonyl (C=O) groups is 1. The molecule has 3 nitrogen and oxygen atoms in total. The van der Waals surface area contributed by atoms with Gasteiger partial charge >= 0.3 is 6.18 Å². The van der Waals surface area contributed by atoms with Crippen molar-refractivity contribution in [2.75, 3.05) is 32.7 Å². The van der Waals surface area contributed by atoms with E-state index in [0.717, 1.165) is 6.07 Å². The maximum atomic E-state index is 12.9. The van der Waals surface area contributed by atoms with Gasteiger partial charge in [-0.2, -0.15) is 13.2 Å². The van der Waals surface area contributed by atoms with Gasteiger partial charge < -0.3 is 9.64 Å². The van der Waals surface area contributed by atoms with E-state index in [0.29, 0.717) is 0 Å². The van der Waals surface area contributed by atoms with E-state index in [1.165, 1.54) is 30.2 Å². The van der Waals surface area contributed by atoms with Crippen LogP contribution >= 0.6 is 11.6 Å². The van der Waals surface area contributed by atoms with E-state index in [2.05, 4.69) is 0 Å². The normalized spacial score (nSPS) is 11.4. The summed E-state index contributed by atoms with van der Waals surface area (Å²) in [5.74, 6) is -0.556. The second-order valence-electron chi connectivity index (χ2n) is 4.02. The second-order valence-corrected chi connectivity index (χ2v) is 4.40. The molecule has 0 aliphatic carbocycles. The Morgan fingerprint density at radius 1 is 1.30 bits per heavy atom. The highest BCUT2D eigenvalue weighted by atomic mass is 35.5. The molecule has 1 amide bonds. The number of carbonyl (C=O) groups excluding carboxylic acids is 1. The van der Waals surface area contributed by atoms with Crippen LogP contribution in [0.2, 0.25) is 0 Å². The third-order valence-electron chi connectivity index (χ3n) is 2.67. The Hall–Kier alpha value is -1.27. The standard InChI is InChI=1S/C13H15ClF3NO2/c1-20-9-8-18(7-6-14)12(19)10-4-2-3-5-11(10)13(15,16)17/h2-5H,6-9H2,1H3. The lowest BCUT2D eigenvalue weighted by molar-refractivity contribution is -0.138. The highest BCUT2D eigenvalue weighted by Crippen LogP contribution is 2.32. The van der Waals surface area contributed by atoms with Crippen LogP contribution in [0.15, 0.2) is 24.3 Å². The molecule has 0 radical (unpaired) electrons. The minimum absolute atomic E-state index is 0.142. The smallest absolute Gasteiger partial charge is 0.383 e. The van der Waals surface area contributed by atoms with Gasteiger partial charge in [-0.1, -0.05) is 12.1 Å². The molecule has 1 aromatic rings. The third kappa shape index (κ3) is 4.38. The molecule has 1 rings (SSSR count). The van der Waals surface area contributed by atoms with Gasteiger partial charge in [-0.25, -0.2) is 0 Å². The Balaban J connectivity index is 3.05. The second kappa shape index (κ2) is 7.50. The Bertz CT molecular complexity index is 451. The summed E-state index contributed by atoms with van der Waals surface area (Å²) in [5.41, 5.74) is -1.32. The van der Waals surface area contributed by atoms with Gasteiger partial charge in [0, 0.05) is 26.1 Å². The van der Waals surface area contributed by atoms with Gasteiger partial charge in [0.2, 0.25) is 0 Å². The Kier molecular flexibility index (Phi) is 6.29. The molecule has 0 spiro atoms. The zero-order valence-corrected chi connectivity index (χ0v) is 11.7. The number of methoxy groups -OCH3 is 1. The number of benzene rings is 1. The summed E-state index contributed by atoms with van der Waals surface area (Å²) in [6, 6.07) is 4.71. The minimum Gasteiger partial charge on any atom is -0.383 e. The van der Waals surface area contributed by atoms with Crippen LogP contribution < -0.4 is 0 Å². The number of rotatable bonds is 6. The molecular weight excluding hydrogens is 295 g/mol. The molecule has 0 unspecified atom stereocenters. The molecule has 0 heterocycles. The zero-order valence-electron chi connectivity index (χ0n) is 10.9. The highest BCUT2D eigenvalue weighted by Gasteiger charge is 2.35. The fraction of sp³-hybridized carbons (Fsp3) is 0.462. The average molecular weight is 310 g/mol. The topological polar surface area (TPSA) is 29.5 Å². The quantitative estimate of drug-likeness (QED) is 0.756. The number of hydrogen-bond acceptors (Lipinski definition) is 2. The molecule has 0 saturated heterocycles. The number of halogens is 4. The van der Waals surface area contributed by atoms with Crippen molar-refractivity contribution in [3.63, 3.8) is 0 Å². The van der Waals surface area contributed by atoms with E-state index in [9.17, 15) is 18.0 Å². The van der Waals surface area contributed by atoms with Crippen LogP contribution in [0.3, 0.4) is 0 Å². The first-order valence-electron chi connectivity index (χ1n) is 5.92. The molecular formula is C13H15ClF3NO2. The van der Waals surface area contributed by atoms with Gasteiger partial charge in [0.05, 0.1) is 17.7 Å². The molecule has 1 aromatic carbocycles. The minimum atomic E-state index is -4.57. The van der Waals surface area contributed by atoms with Gasteiger partial charge in [0.25, 0.3) is 5.91 Å². The summed E-state index contributed by atoms with van der Waals surface area (Å²) >= 11 is 5.58. The van der Waals surface area contributed by atoms with Crippen molar-refractivity contribution in [1.29, 1.82) is 0 Å². The number of amides is 1. The Morgan fingerprint density at radius 3 is 2.50 bits per heavy atom. The van der Waals surface area contributed by atoms with Crippen LogP contribution in [0, 0.1) is 0 Å². The largest absolute Gasteiger partial charge is 0.417 e. The summed E-state index contributed by atoms with van der Waals surface area (Å²) in [6.45, 7) is 0.584. The lowest BCUT2D eigenvalue weighted by atomic mass is 10.1. The van der Waals surface area contributed by atoms with Crippen molar-refractivity contribution in [2.24, 2.45) is 0 Å². The van der Waals surface area contributed by atoms with Crippen molar-refractivity contribution in [2.45, 2.75) is 6.18 Å². The van der Waals surface area contributed by atoms with Crippen molar-refractivity contribution in [3.8, 4) is 0 Å². The van der Waals surface area contributed by atoms with Crippen molar-refractivity contribution in [1.82, 2.24) is 4.90 Å². The number of nitrogens with zero attached hydrogens (tertiary/aromatic N) is 1. The van der Waals surface area contributed by atoms with Gasteiger partial charge in [-0.3, -0.25) is 4.79 Å². The zero-order chi connectivity index (χ0) is 15.2. The molecule has 0 bridgehead atoms. The molecule has 0 aliphatic rings. The van der Waals surface area contributed by atoms with Crippen LogP contribution in [-0.4, -0.2) is 43.5 Å². The summed E-state index contributed by atoms with van der Waals surface area (Å²) < 4.78 is 43.5. The molecule has 0 fully saturated rings. The van der Waals surface area contributed by atoms with Crippen molar-refractivity contribution < 1.29 is 22.7 Å². The van der Waals surface area contributed by atoms with E-state index in [1.54, 1.807) is 0 Å². The summed E-state index contributed by atoms with van der Waals surface area (Å²) in [5, 5.41) is 0. The highest BCUT2D eigenvalue weighted by molar-refractivity contribution is 6.18. The first-order valence-corrected chi connectivity index (χ1v) is 6.45. The van der Waals surface area contributed by atoms with Crippen molar-refractivity contribution >= 4 is 17.5 Å². The van der Waals surface area contributed by atoms with E-state index in [4.69, 9.17) is 16.3 Å². The fourth-order valence-corrected chi connectivity index (χ4v) is 1.91. The van der Waals surface area contributed by atoms with Crippen LogP contribution in [0.25, 0.3) is 0 Å². The first kappa shape index (κ1) is 16.8. The molecule has 112 valence electrons. The predicted octanol–water partition coefficient (Wildman–Crippen LogP) is 3.03. The molecule has 0 atom stereocenters. The van der Waals surface area contributed by atoms with E-state index in [-0.39, 0.29) is 31.1 Å². The fourth-order valence-electron chi connectivity index (χ4n) is 1.71. The maximum absolute atomic E-state index is 12.9. The van der Waals surface area contributed by atoms with Crippen LogP contribution in [0.1, 0.15) is 15.9 Å². The van der Waals surface area contributed by atoms with Gasteiger partial charge in [0.1, 0.15) is 0 Å². The summed E-state index contributed by atoms with van der Waals surface area (Å²) in [7, 11) is 1.45. The molecule has 7 heteroatoms. The Labute approximate surface area is 120 Å². The van der Waals surface area contributed by atoms with Crippen LogP contribution in [-0.2, 0) is 10.9 Å². The maximum Gasteiger partial charge on any atom is 0.417 e. The molecule has 0 aromatic heterocycles. The lowest BCUT2D eigenvalue weighted by Crippen LogP contribution is -2.36. The molecule has 0 aliphatic heterocycles. The molecule has 0 saturated carbocycles. The van der Waals surface area contributed by atoms with E-state index < -0.39 is 17.6 Å². The monoisotopic (exact) mass is 309 g/mol. The predicted molar refractivity (Wildman–Crippen MR) is 69.9 cm³/mol. The first-order chi connectivity index (χ1) is 9.41. The third-order valence-corrected chi connectivity index (χ3v) is 2.84. The number of alkyl halides is 4. The van der Waals surface area contributed by atoms with Gasteiger partial charge in [-0.05, 0) is 12.1 Å². The number of hydrogen-bond donors (Lipinski definition) is 0. The van der Waals surface area contributed by atoms with E-state index >= 15 is 0 Å².